The largest absolute Gasteiger partial charge is 0.362 e. The number of benzene rings is 1. The minimum absolute atomic E-state index is 0.413. The first kappa shape index (κ1) is 9.89. The summed E-state index contributed by atoms with van der Waals surface area (Å²) in [4.78, 5) is 7.03. The molecule has 1 unspecified atom stereocenters. The van der Waals surface area contributed by atoms with Crippen molar-refractivity contribution < 1.29 is 9.84 Å². The molecule has 0 fully saturated rings. The molecular formula is C11H12N2O2. The van der Waals surface area contributed by atoms with E-state index in [1.54, 1.807) is 6.20 Å². The van der Waals surface area contributed by atoms with Crippen molar-refractivity contribution in [3.63, 3.8) is 0 Å². The third-order valence-corrected chi connectivity index (χ3v) is 2.14. The highest BCUT2D eigenvalue weighted by Gasteiger charge is 2.10. The Bertz CT molecular complexity index is 425. The predicted octanol–water partition coefficient (Wildman–Crippen LogP) is 1.71. The van der Waals surface area contributed by atoms with Gasteiger partial charge in [0, 0.05) is 7.11 Å². The van der Waals surface area contributed by atoms with Crippen LogP contribution >= 0.6 is 0 Å². The van der Waals surface area contributed by atoms with Gasteiger partial charge in [0.2, 0.25) is 6.29 Å². The van der Waals surface area contributed by atoms with Crippen LogP contribution in [0.5, 0.6) is 0 Å². The van der Waals surface area contributed by atoms with Crippen LogP contribution in [0.3, 0.4) is 0 Å². The van der Waals surface area contributed by atoms with Crippen molar-refractivity contribution >= 4 is 0 Å². The van der Waals surface area contributed by atoms with E-state index in [1.165, 1.54) is 7.11 Å². The van der Waals surface area contributed by atoms with Crippen LogP contribution in [0.2, 0.25) is 0 Å². The molecule has 1 heterocycles. The fourth-order valence-corrected chi connectivity index (χ4v) is 1.34. The molecule has 2 aromatic rings. The molecule has 0 aliphatic carbocycles. The lowest BCUT2D eigenvalue weighted by Gasteiger charge is -2.03. The first-order valence-corrected chi connectivity index (χ1v) is 4.62. The zero-order valence-corrected chi connectivity index (χ0v) is 8.34. The number of nitrogens with one attached hydrogen (secondary N) is 1. The molecule has 15 heavy (non-hydrogen) atoms. The summed E-state index contributed by atoms with van der Waals surface area (Å²) < 4.78 is 4.75. The number of ether oxygens (including phenoxy) is 1. The van der Waals surface area contributed by atoms with Crippen LogP contribution in [0.1, 0.15) is 12.1 Å². The summed E-state index contributed by atoms with van der Waals surface area (Å²) >= 11 is 0. The van der Waals surface area contributed by atoms with Crippen LogP contribution in [-0.4, -0.2) is 22.2 Å². The van der Waals surface area contributed by atoms with Crippen molar-refractivity contribution in [3.05, 3.63) is 42.4 Å². The molecule has 0 aliphatic rings. The summed E-state index contributed by atoms with van der Waals surface area (Å²) in [5.74, 6) is 0.413. The lowest BCUT2D eigenvalue weighted by molar-refractivity contribution is -0.0824. The van der Waals surface area contributed by atoms with Crippen LogP contribution in [-0.2, 0) is 4.74 Å². The fraction of sp³-hybridized carbons (Fsp3) is 0.182. The minimum Gasteiger partial charge on any atom is -0.362 e. The van der Waals surface area contributed by atoms with Gasteiger partial charge in [0.05, 0.1) is 11.9 Å². The summed E-state index contributed by atoms with van der Waals surface area (Å²) in [5, 5.41) is 9.37. The third-order valence-electron chi connectivity index (χ3n) is 2.14. The summed E-state index contributed by atoms with van der Waals surface area (Å²) in [7, 11) is 1.43. The first-order chi connectivity index (χ1) is 7.31. The van der Waals surface area contributed by atoms with Gasteiger partial charge in [0.25, 0.3) is 0 Å². The van der Waals surface area contributed by atoms with Crippen molar-refractivity contribution in [1.29, 1.82) is 0 Å². The number of methoxy groups -OCH3 is 1. The van der Waals surface area contributed by atoms with Gasteiger partial charge in [-0.3, -0.25) is 0 Å². The Hall–Kier alpha value is -1.65. The van der Waals surface area contributed by atoms with Crippen LogP contribution in [0.15, 0.2) is 36.5 Å². The Labute approximate surface area is 87.6 Å². The van der Waals surface area contributed by atoms with E-state index in [-0.39, 0.29) is 0 Å². The maximum Gasteiger partial charge on any atom is 0.214 e. The van der Waals surface area contributed by atoms with E-state index >= 15 is 0 Å². The normalized spacial score (nSPS) is 12.7. The Morgan fingerprint density at radius 1 is 1.33 bits per heavy atom. The average Bonchev–Trinajstić information content (AvgIpc) is 2.78. The first-order valence-electron chi connectivity index (χ1n) is 4.62. The highest BCUT2D eigenvalue weighted by atomic mass is 16.6. The van der Waals surface area contributed by atoms with E-state index in [9.17, 15) is 5.11 Å². The summed E-state index contributed by atoms with van der Waals surface area (Å²) in [6.07, 6.45) is 0.676. The molecule has 0 amide bonds. The van der Waals surface area contributed by atoms with E-state index in [0.717, 1.165) is 11.3 Å². The standard InChI is InChI=1S/C11H12N2O2/c1-15-11(14)10-12-7-9(13-10)8-5-3-2-4-6-8/h2-7,11,14H,1H3,(H,12,13). The van der Waals surface area contributed by atoms with Crippen molar-refractivity contribution in [1.82, 2.24) is 9.97 Å². The zero-order chi connectivity index (χ0) is 10.7. The van der Waals surface area contributed by atoms with Gasteiger partial charge in [-0.05, 0) is 5.56 Å². The number of imidazole rings is 1. The van der Waals surface area contributed by atoms with E-state index in [1.807, 2.05) is 30.3 Å². The van der Waals surface area contributed by atoms with Gasteiger partial charge < -0.3 is 14.8 Å². The number of nitrogens with zero attached hydrogens (tertiary/aromatic N) is 1. The molecule has 2 N–H and O–H groups in total. The number of hydrogen-bond acceptors (Lipinski definition) is 3. The molecule has 1 aromatic carbocycles. The molecule has 0 bridgehead atoms. The quantitative estimate of drug-likeness (QED) is 0.748. The molecule has 1 aromatic heterocycles. The monoisotopic (exact) mass is 204 g/mol. The number of aromatic nitrogens is 2. The second-order valence-corrected chi connectivity index (χ2v) is 3.14. The highest BCUT2D eigenvalue weighted by Crippen LogP contribution is 2.18. The molecule has 0 saturated heterocycles. The van der Waals surface area contributed by atoms with E-state index in [0.29, 0.717) is 5.82 Å². The van der Waals surface area contributed by atoms with E-state index in [2.05, 4.69) is 9.97 Å². The molecule has 0 radical (unpaired) electrons. The Morgan fingerprint density at radius 3 is 2.73 bits per heavy atom. The third kappa shape index (κ3) is 2.06. The predicted molar refractivity (Wildman–Crippen MR) is 56.0 cm³/mol. The van der Waals surface area contributed by atoms with Gasteiger partial charge in [-0.25, -0.2) is 4.98 Å². The highest BCUT2D eigenvalue weighted by molar-refractivity contribution is 5.57. The topological polar surface area (TPSA) is 58.1 Å². The molecule has 4 nitrogen and oxygen atoms in total. The van der Waals surface area contributed by atoms with Gasteiger partial charge in [0.15, 0.2) is 5.82 Å². The Kier molecular flexibility index (Phi) is 2.80. The summed E-state index contributed by atoms with van der Waals surface area (Å²) in [6, 6.07) is 9.78. The second kappa shape index (κ2) is 4.25. The lowest BCUT2D eigenvalue weighted by atomic mass is 10.2. The smallest absolute Gasteiger partial charge is 0.214 e. The maximum atomic E-state index is 9.37. The van der Waals surface area contributed by atoms with Gasteiger partial charge >= 0.3 is 0 Å². The molecule has 0 aliphatic heterocycles. The maximum absolute atomic E-state index is 9.37. The van der Waals surface area contributed by atoms with Crippen molar-refractivity contribution in [3.8, 4) is 11.3 Å². The summed E-state index contributed by atoms with van der Waals surface area (Å²) in [6.45, 7) is 0. The van der Waals surface area contributed by atoms with E-state index in [4.69, 9.17) is 4.74 Å². The van der Waals surface area contributed by atoms with Crippen LogP contribution in [0, 0.1) is 0 Å². The van der Waals surface area contributed by atoms with Crippen molar-refractivity contribution in [2.24, 2.45) is 0 Å². The Balaban J connectivity index is 2.28. The molecule has 78 valence electrons. The molecule has 0 saturated carbocycles. The number of aromatic amines is 1. The number of H-pyrrole nitrogens is 1. The Morgan fingerprint density at radius 2 is 2.07 bits per heavy atom. The number of aliphatic hydroxyl groups is 1. The molecule has 1 atom stereocenters. The number of aliphatic hydroxyl groups excluding tert-OH is 1. The van der Waals surface area contributed by atoms with Crippen molar-refractivity contribution in [2.75, 3.05) is 7.11 Å². The lowest BCUT2D eigenvalue weighted by Crippen LogP contribution is -2.01. The SMILES string of the molecule is COC(O)c1ncc(-c2ccccc2)[nH]1. The molecular weight excluding hydrogens is 192 g/mol. The zero-order valence-electron chi connectivity index (χ0n) is 8.34. The number of rotatable bonds is 3. The van der Waals surface area contributed by atoms with Gasteiger partial charge in [-0.2, -0.15) is 0 Å². The minimum atomic E-state index is -0.998. The molecule has 4 heteroatoms. The summed E-state index contributed by atoms with van der Waals surface area (Å²) in [5.41, 5.74) is 1.89. The van der Waals surface area contributed by atoms with Gasteiger partial charge in [-0.15, -0.1) is 0 Å². The molecule has 0 spiro atoms. The fourth-order valence-electron chi connectivity index (χ4n) is 1.34. The van der Waals surface area contributed by atoms with Crippen LogP contribution in [0.4, 0.5) is 0 Å². The average molecular weight is 204 g/mol. The number of hydrogen-bond donors (Lipinski definition) is 2. The van der Waals surface area contributed by atoms with Crippen LogP contribution in [0.25, 0.3) is 11.3 Å². The molecule has 2 rings (SSSR count). The van der Waals surface area contributed by atoms with Crippen molar-refractivity contribution in [2.45, 2.75) is 6.29 Å². The second-order valence-electron chi connectivity index (χ2n) is 3.14. The van der Waals surface area contributed by atoms with Gasteiger partial charge in [0.1, 0.15) is 0 Å². The van der Waals surface area contributed by atoms with Gasteiger partial charge in [-0.1, -0.05) is 30.3 Å². The van der Waals surface area contributed by atoms with E-state index < -0.39 is 6.29 Å². The van der Waals surface area contributed by atoms with Crippen LogP contribution < -0.4 is 0 Å².